The van der Waals surface area contributed by atoms with E-state index in [1.54, 1.807) is 6.92 Å². The third-order valence-electron chi connectivity index (χ3n) is 4.16. The number of rotatable bonds is 3. The van der Waals surface area contributed by atoms with E-state index in [4.69, 9.17) is 13.9 Å². The number of carbonyl (C=O) groups is 1. The summed E-state index contributed by atoms with van der Waals surface area (Å²) in [4.78, 5) is 12.4. The number of fused-ring (bicyclic) bond motifs is 2. The zero-order valence-electron chi connectivity index (χ0n) is 13.6. The van der Waals surface area contributed by atoms with Crippen molar-refractivity contribution in [3.05, 3.63) is 59.1 Å². The van der Waals surface area contributed by atoms with E-state index < -0.39 is 0 Å². The fraction of sp³-hybridized carbons (Fsp3) is 0.211. The molecule has 0 atom stereocenters. The first-order valence-corrected chi connectivity index (χ1v) is 7.97. The molecule has 0 bridgehead atoms. The Morgan fingerprint density at radius 3 is 2.76 bits per heavy atom. The van der Waals surface area contributed by atoms with Crippen molar-refractivity contribution in [3.63, 3.8) is 0 Å². The number of amides is 1. The van der Waals surface area contributed by atoms with Crippen molar-refractivity contribution in [3.8, 4) is 11.5 Å². The monoisotopic (exact) mass is 341 g/mol. The maximum Gasteiger partial charge on any atom is 0.287 e. The molecule has 6 heteroatoms. The molecule has 1 aliphatic heterocycles. The average molecular weight is 341 g/mol. The van der Waals surface area contributed by atoms with Gasteiger partial charge in [0.1, 0.15) is 24.6 Å². The van der Waals surface area contributed by atoms with E-state index in [0.717, 1.165) is 5.56 Å². The molecular formula is C19H16FNO4. The van der Waals surface area contributed by atoms with Crippen LogP contribution in [0.25, 0.3) is 11.0 Å². The van der Waals surface area contributed by atoms with Crippen molar-refractivity contribution in [1.29, 1.82) is 0 Å². The Morgan fingerprint density at radius 1 is 1.12 bits per heavy atom. The molecule has 2 heterocycles. The van der Waals surface area contributed by atoms with Gasteiger partial charge in [0.25, 0.3) is 5.91 Å². The average Bonchev–Trinajstić information content (AvgIpc) is 2.96. The van der Waals surface area contributed by atoms with Crippen molar-refractivity contribution >= 4 is 16.9 Å². The molecule has 0 spiro atoms. The molecule has 1 amide bonds. The van der Waals surface area contributed by atoms with Crippen LogP contribution < -0.4 is 14.8 Å². The third-order valence-corrected chi connectivity index (χ3v) is 4.16. The van der Waals surface area contributed by atoms with E-state index in [9.17, 15) is 9.18 Å². The molecule has 0 saturated heterocycles. The minimum atomic E-state index is -0.361. The number of hydrogen-bond donors (Lipinski definition) is 1. The predicted molar refractivity (Wildman–Crippen MR) is 89.5 cm³/mol. The van der Waals surface area contributed by atoms with Gasteiger partial charge in [0.15, 0.2) is 17.3 Å². The van der Waals surface area contributed by atoms with Gasteiger partial charge in [0.05, 0.1) is 0 Å². The normalized spacial score (nSPS) is 13.0. The summed E-state index contributed by atoms with van der Waals surface area (Å²) < 4.78 is 29.9. The molecule has 0 saturated carbocycles. The lowest BCUT2D eigenvalue weighted by Crippen LogP contribution is -2.23. The number of carbonyl (C=O) groups excluding carboxylic acids is 1. The van der Waals surface area contributed by atoms with Crippen LogP contribution in [-0.2, 0) is 6.54 Å². The molecule has 25 heavy (non-hydrogen) atoms. The van der Waals surface area contributed by atoms with Crippen molar-refractivity contribution < 1.29 is 23.1 Å². The van der Waals surface area contributed by atoms with Crippen LogP contribution in [0.15, 0.2) is 40.8 Å². The van der Waals surface area contributed by atoms with Crippen LogP contribution in [0.5, 0.6) is 11.5 Å². The van der Waals surface area contributed by atoms with Crippen LogP contribution in [0, 0.1) is 12.7 Å². The van der Waals surface area contributed by atoms with Gasteiger partial charge in [0, 0.05) is 17.5 Å². The summed E-state index contributed by atoms with van der Waals surface area (Å²) >= 11 is 0. The second kappa shape index (κ2) is 6.12. The second-order valence-electron chi connectivity index (χ2n) is 5.86. The zero-order valence-corrected chi connectivity index (χ0v) is 13.6. The summed E-state index contributed by atoms with van der Waals surface area (Å²) in [5.74, 6) is 0.867. The fourth-order valence-corrected chi connectivity index (χ4v) is 2.87. The smallest absolute Gasteiger partial charge is 0.287 e. The first-order chi connectivity index (χ1) is 12.1. The highest BCUT2D eigenvalue weighted by Crippen LogP contribution is 2.31. The summed E-state index contributed by atoms with van der Waals surface area (Å²) in [6.07, 6.45) is 0. The number of hydrogen-bond acceptors (Lipinski definition) is 4. The van der Waals surface area contributed by atoms with Crippen LogP contribution in [0.3, 0.4) is 0 Å². The Morgan fingerprint density at radius 2 is 1.92 bits per heavy atom. The molecule has 0 unspecified atom stereocenters. The summed E-state index contributed by atoms with van der Waals surface area (Å²) in [6, 6.07) is 9.73. The Hall–Kier alpha value is -3.02. The van der Waals surface area contributed by atoms with E-state index in [2.05, 4.69) is 5.32 Å². The summed E-state index contributed by atoms with van der Waals surface area (Å²) in [6.45, 7) is 3.11. The number of aryl methyl sites for hydroxylation is 1. The van der Waals surface area contributed by atoms with Gasteiger partial charge >= 0.3 is 0 Å². The van der Waals surface area contributed by atoms with Gasteiger partial charge in [-0.05, 0) is 42.8 Å². The fourth-order valence-electron chi connectivity index (χ4n) is 2.87. The van der Waals surface area contributed by atoms with Crippen LogP contribution >= 0.6 is 0 Å². The minimum absolute atomic E-state index is 0.193. The predicted octanol–water partition coefficient (Wildman–Crippen LogP) is 3.58. The van der Waals surface area contributed by atoms with Crippen LogP contribution in [0.4, 0.5) is 4.39 Å². The molecule has 0 aliphatic carbocycles. The molecule has 2 aromatic carbocycles. The summed E-state index contributed by atoms with van der Waals surface area (Å²) in [5, 5.41) is 3.42. The van der Waals surface area contributed by atoms with E-state index in [1.807, 2.05) is 18.2 Å². The highest BCUT2D eigenvalue weighted by molar-refractivity contribution is 5.98. The highest BCUT2D eigenvalue weighted by Gasteiger charge is 2.18. The van der Waals surface area contributed by atoms with Gasteiger partial charge in [-0.2, -0.15) is 0 Å². The first kappa shape index (κ1) is 15.5. The Bertz CT molecular complexity index is 963. The van der Waals surface area contributed by atoms with Gasteiger partial charge in [-0.25, -0.2) is 4.39 Å². The maximum atomic E-state index is 13.4. The summed E-state index contributed by atoms with van der Waals surface area (Å²) in [7, 11) is 0. The van der Waals surface area contributed by atoms with Crippen molar-refractivity contribution in [2.45, 2.75) is 13.5 Å². The SMILES string of the molecule is Cc1c(C(=O)NCc2ccc3c(c2)OCCO3)oc2ccc(F)cc12. The Balaban J connectivity index is 1.52. The van der Waals surface area contributed by atoms with Crippen molar-refractivity contribution in [1.82, 2.24) is 5.32 Å². The number of furan rings is 1. The van der Waals surface area contributed by atoms with Crippen molar-refractivity contribution in [2.24, 2.45) is 0 Å². The van der Waals surface area contributed by atoms with E-state index in [0.29, 0.717) is 47.8 Å². The summed E-state index contributed by atoms with van der Waals surface area (Å²) in [5.41, 5.74) is 2.00. The Labute approximate surface area is 143 Å². The zero-order chi connectivity index (χ0) is 17.4. The molecule has 0 radical (unpaired) electrons. The molecule has 3 aromatic rings. The molecule has 1 aromatic heterocycles. The topological polar surface area (TPSA) is 60.7 Å². The van der Waals surface area contributed by atoms with E-state index >= 15 is 0 Å². The van der Waals surface area contributed by atoms with Gasteiger partial charge in [-0.1, -0.05) is 6.07 Å². The number of halogens is 1. The minimum Gasteiger partial charge on any atom is -0.486 e. The molecular weight excluding hydrogens is 325 g/mol. The number of benzene rings is 2. The van der Waals surface area contributed by atoms with Crippen LogP contribution in [0.2, 0.25) is 0 Å². The largest absolute Gasteiger partial charge is 0.486 e. The number of ether oxygens (including phenoxy) is 2. The molecule has 1 aliphatic rings. The van der Waals surface area contributed by atoms with Gasteiger partial charge in [-0.15, -0.1) is 0 Å². The van der Waals surface area contributed by atoms with Gasteiger partial charge in [-0.3, -0.25) is 4.79 Å². The molecule has 4 rings (SSSR count). The molecule has 128 valence electrons. The molecule has 1 N–H and O–H groups in total. The Kier molecular flexibility index (Phi) is 3.80. The van der Waals surface area contributed by atoms with Crippen LogP contribution in [0.1, 0.15) is 21.7 Å². The number of nitrogens with one attached hydrogen (secondary N) is 1. The first-order valence-electron chi connectivity index (χ1n) is 7.97. The van der Waals surface area contributed by atoms with Gasteiger partial charge in [0.2, 0.25) is 0 Å². The van der Waals surface area contributed by atoms with Crippen LogP contribution in [-0.4, -0.2) is 19.1 Å². The third kappa shape index (κ3) is 2.91. The quantitative estimate of drug-likeness (QED) is 0.791. The lowest BCUT2D eigenvalue weighted by molar-refractivity contribution is 0.0924. The van der Waals surface area contributed by atoms with Crippen molar-refractivity contribution in [2.75, 3.05) is 13.2 Å². The van der Waals surface area contributed by atoms with E-state index in [-0.39, 0.29) is 17.5 Å². The molecule has 5 nitrogen and oxygen atoms in total. The molecule has 0 fully saturated rings. The maximum absolute atomic E-state index is 13.4. The lowest BCUT2D eigenvalue weighted by atomic mass is 10.1. The van der Waals surface area contributed by atoms with E-state index in [1.165, 1.54) is 18.2 Å². The van der Waals surface area contributed by atoms with Gasteiger partial charge < -0.3 is 19.2 Å². The highest BCUT2D eigenvalue weighted by atomic mass is 19.1. The second-order valence-corrected chi connectivity index (χ2v) is 5.86. The lowest BCUT2D eigenvalue weighted by Gasteiger charge is -2.18. The standard InChI is InChI=1S/C19H16FNO4/c1-11-14-9-13(20)3-5-15(14)25-18(11)19(22)21-10-12-2-4-16-17(8-12)24-7-6-23-16/h2-5,8-9H,6-7,10H2,1H3,(H,21,22).